The van der Waals surface area contributed by atoms with Crippen molar-refractivity contribution >= 4 is 11.7 Å². The summed E-state index contributed by atoms with van der Waals surface area (Å²) >= 11 is 0. The smallest absolute Gasteiger partial charge is 0.319 e. The number of carbonyl (C=O) groups excluding carboxylic acids is 1. The van der Waals surface area contributed by atoms with E-state index in [9.17, 15) is 4.79 Å². The van der Waals surface area contributed by atoms with Gasteiger partial charge in [0.15, 0.2) is 5.76 Å². The molecule has 1 saturated carbocycles. The van der Waals surface area contributed by atoms with Crippen LogP contribution in [-0.2, 0) is 0 Å². The molecule has 18 heavy (non-hydrogen) atoms. The summed E-state index contributed by atoms with van der Waals surface area (Å²) in [6.07, 6.45) is 3.11. The number of nitrogens with zero attached hydrogens (tertiary/aromatic N) is 1. The number of hydrogen-bond donors (Lipinski definition) is 2. The minimum absolute atomic E-state index is 0.199. The standard InChI is InChI=1S/C13H21N3O2/c1-5-13(3,4)15-12(17)14-10-8(2)16-18-11(10)9-6-7-9/h9H,5-7H2,1-4H3,(H2,14,15,17). The van der Waals surface area contributed by atoms with Crippen LogP contribution >= 0.6 is 0 Å². The summed E-state index contributed by atoms with van der Waals surface area (Å²) in [6, 6.07) is -0.199. The monoisotopic (exact) mass is 251 g/mol. The Morgan fingerprint density at radius 3 is 2.72 bits per heavy atom. The summed E-state index contributed by atoms with van der Waals surface area (Å²) in [5, 5.41) is 9.73. The normalized spacial score (nSPS) is 15.6. The van der Waals surface area contributed by atoms with E-state index in [0.29, 0.717) is 5.92 Å². The zero-order valence-corrected chi connectivity index (χ0v) is 11.5. The Balaban J connectivity index is 2.05. The van der Waals surface area contributed by atoms with E-state index >= 15 is 0 Å². The molecule has 5 heteroatoms. The van der Waals surface area contributed by atoms with Gasteiger partial charge in [0.2, 0.25) is 0 Å². The highest BCUT2D eigenvalue weighted by Crippen LogP contribution is 2.44. The van der Waals surface area contributed by atoms with E-state index in [0.717, 1.165) is 36.4 Å². The molecule has 1 aliphatic rings. The Morgan fingerprint density at radius 1 is 1.50 bits per heavy atom. The van der Waals surface area contributed by atoms with Crippen LogP contribution in [-0.4, -0.2) is 16.7 Å². The topological polar surface area (TPSA) is 67.2 Å². The summed E-state index contributed by atoms with van der Waals surface area (Å²) in [4.78, 5) is 11.9. The number of rotatable bonds is 4. The van der Waals surface area contributed by atoms with Crippen molar-refractivity contribution in [2.24, 2.45) is 0 Å². The highest BCUT2D eigenvalue weighted by atomic mass is 16.5. The molecule has 0 bridgehead atoms. The minimum Gasteiger partial charge on any atom is -0.359 e. The molecule has 2 rings (SSSR count). The number of anilines is 1. The summed E-state index contributed by atoms with van der Waals surface area (Å²) in [5.74, 6) is 1.25. The molecule has 1 aliphatic carbocycles. The van der Waals surface area contributed by atoms with Crippen LogP contribution in [0.25, 0.3) is 0 Å². The molecule has 5 nitrogen and oxygen atoms in total. The lowest BCUT2D eigenvalue weighted by molar-refractivity contribution is 0.240. The van der Waals surface area contributed by atoms with Crippen molar-refractivity contribution in [3.05, 3.63) is 11.5 Å². The molecule has 0 aliphatic heterocycles. The van der Waals surface area contributed by atoms with Crippen LogP contribution in [0.1, 0.15) is 57.4 Å². The van der Waals surface area contributed by atoms with Gasteiger partial charge in [-0.3, -0.25) is 0 Å². The first-order chi connectivity index (χ1) is 8.43. The summed E-state index contributed by atoms with van der Waals surface area (Å²) in [7, 11) is 0. The molecular formula is C13H21N3O2. The molecule has 0 radical (unpaired) electrons. The Hall–Kier alpha value is -1.52. The van der Waals surface area contributed by atoms with Gasteiger partial charge in [0.1, 0.15) is 11.4 Å². The number of nitrogens with one attached hydrogen (secondary N) is 2. The fourth-order valence-corrected chi connectivity index (χ4v) is 1.70. The van der Waals surface area contributed by atoms with Crippen LogP contribution < -0.4 is 10.6 Å². The average Bonchev–Trinajstić information content (AvgIpc) is 3.06. The van der Waals surface area contributed by atoms with Gasteiger partial charge in [0.25, 0.3) is 0 Å². The first kappa shape index (κ1) is 12.9. The summed E-state index contributed by atoms with van der Waals surface area (Å²) < 4.78 is 5.28. The molecule has 2 N–H and O–H groups in total. The molecule has 0 unspecified atom stereocenters. The Bertz CT molecular complexity index is 447. The fraction of sp³-hybridized carbons (Fsp3) is 0.692. The number of amides is 2. The van der Waals surface area contributed by atoms with Crippen molar-refractivity contribution in [3.63, 3.8) is 0 Å². The Morgan fingerprint density at radius 2 is 2.17 bits per heavy atom. The van der Waals surface area contributed by atoms with E-state index < -0.39 is 0 Å². The second kappa shape index (κ2) is 4.63. The summed E-state index contributed by atoms with van der Waals surface area (Å²) in [5.41, 5.74) is 1.26. The number of urea groups is 1. The van der Waals surface area contributed by atoms with Crippen LogP contribution in [0.4, 0.5) is 10.5 Å². The Kier molecular flexibility index (Phi) is 3.32. The van der Waals surface area contributed by atoms with Crippen molar-refractivity contribution in [1.29, 1.82) is 0 Å². The molecular weight excluding hydrogens is 230 g/mol. The van der Waals surface area contributed by atoms with Crippen molar-refractivity contribution in [1.82, 2.24) is 10.5 Å². The van der Waals surface area contributed by atoms with E-state index in [-0.39, 0.29) is 11.6 Å². The van der Waals surface area contributed by atoms with Gasteiger partial charge in [-0.05, 0) is 40.0 Å². The number of aromatic nitrogens is 1. The van der Waals surface area contributed by atoms with E-state index in [4.69, 9.17) is 4.52 Å². The van der Waals surface area contributed by atoms with Gasteiger partial charge < -0.3 is 15.2 Å². The quantitative estimate of drug-likeness (QED) is 0.863. The van der Waals surface area contributed by atoms with E-state index in [1.807, 2.05) is 27.7 Å². The van der Waals surface area contributed by atoms with Gasteiger partial charge in [-0.1, -0.05) is 12.1 Å². The highest BCUT2D eigenvalue weighted by Gasteiger charge is 2.32. The van der Waals surface area contributed by atoms with Crippen LogP contribution in [0, 0.1) is 6.92 Å². The highest BCUT2D eigenvalue weighted by molar-refractivity contribution is 5.91. The van der Waals surface area contributed by atoms with E-state index in [1.54, 1.807) is 0 Å². The van der Waals surface area contributed by atoms with Gasteiger partial charge in [0.05, 0.1) is 0 Å². The molecule has 0 atom stereocenters. The lowest BCUT2D eigenvalue weighted by Gasteiger charge is -2.24. The first-order valence-electron chi connectivity index (χ1n) is 6.48. The van der Waals surface area contributed by atoms with Gasteiger partial charge in [-0.25, -0.2) is 4.79 Å². The molecule has 0 saturated heterocycles. The first-order valence-corrected chi connectivity index (χ1v) is 6.48. The van der Waals surface area contributed by atoms with Crippen molar-refractivity contribution in [2.75, 3.05) is 5.32 Å². The van der Waals surface area contributed by atoms with E-state index in [1.165, 1.54) is 0 Å². The molecule has 1 fully saturated rings. The van der Waals surface area contributed by atoms with Gasteiger partial charge in [0, 0.05) is 11.5 Å². The number of carbonyl (C=O) groups is 1. The Labute approximate surface area is 107 Å². The van der Waals surface area contributed by atoms with Crippen molar-refractivity contribution in [2.45, 2.75) is 58.4 Å². The predicted molar refractivity (Wildman–Crippen MR) is 69.7 cm³/mol. The van der Waals surface area contributed by atoms with E-state index in [2.05, 4.69) is 15.8 Å². The number of hydrogen-bond acceptors (Lipinski definition) is 3. The lowest BCUT2D eigenvalue weighted by Crippen LogP contribution is -2.45. The maximum absolute atomic E-state index is 11.9. The van der Waals surface area contributed by atoms with Crippen molar-refractivity contribution < 1.29 is 9.32 Å². The fourth-order valence-electron chi connectivity index (χ4n) is 1.70. The maximum Gasteiger partial charge on any atom is 0.319 e. The van der Waals surface area contributed by atoms with Crippen LogP contribution in [0.2, 0.25) is 0 Å². The third-order valence-electron chi connectivity index (χ3n) is 3.41. The summed E-state index contributed by atoms with van der Waals surface area (Å²) in [6.45, 7) is 7.88. The second-order valence-corrected chi connectivity index (χ2v) is 5.60. The predicted octanol–water partition coefficient (Wildman–Crippen LogP) is 3.17. The maximum atomic E-state index is 11.9. The van der Waals surface area contributed by atoms with Crippen LogP contribution in [0.5, 0.6) is 0 Å². The second-order valence-electron chi connectivity index (χ2n) is 5.60. The van der Waals surface area contributed by atoms with Crippen LogP contribution in [0.3, 0.4) is 0 Å². The third-order valence-corrected chi connectivity index (χ3v) is 3.41. The molecule has 0 aromatic carbocycles. The number of aryl methyl sites for hydroxylation is 1. The molecule has 2 amide bonds. The third kappa shape index (κ3) is 2.83. The zero-order chi connectivity index (χ0) is 13.3. The average molecular weight is 251 g/mol. The zero-order valence-electron chi connectivity index (χ0n) is 11.5. The largest absolute Gasteiger partial charge is 0.359 e. The molecule has 0 spiro atoms. The lowest BCUT2D eigenvalue weighted by atomic mass is 10.0. The van der Waals surface area contributed by atoms with Gasteiger partial charge in [-0.15, -0.1) is 0 Å². The SMILES string of the molecule is CCC(C)(C)NC(=O)Nc1c(C)noc1C1CC1. The molecule has 1 aromatic rings. The van der Waals surface area contributed by atoms with Crippen LogP contribution in [0.15, 0.2) is 4.52 Å². The molecule has 1 heterocycles. The molecule has 100 valence electrons. The molecule has 1 aromatic heterocycles. The van der Waals surface area contributed by atoms with Gasteiger partial charge in [-0.2, -0.15) is 0 Å². The van der Waals surface area contributed by atoms with Gasteiger partial charge >= 0.3 is 6.03 Å². The van der Waals surface area contributed by atoms with Crippen molar-refractivity contribution in [3.8, 4) is 0 Å². The minimum atomic E-state index is -0.213.